The van der Waals surface area contributed by atoms with Gasteiger partial charge in [-0.15, -0.1) is 11.3 Å². The number of aromatic nitrogens is 1. The molecule has 2 aliphatic rings. The van der Waals surface area contributed by atoms with Crippen molar-refractivity contribution in [3.63, 3.8) is 0 Å². The van der Waals surface area contributed by atoms with E-state index in [1.807, 2.05) is 38.1 Å². The fraction of sp³-hybridized carbons (Fsp3) is 0.481. The second-order valence-electron chi connectivity index (χ2n) is 9.60. The van der Waals surface area contributed by atoms with E-state index in [1.165, 1.54) is 5.56 Å². The number of piperazine rings is 1. The minimum atomic E-state index is -0.546. The number of thiazole rings is 1. The topological polar surface area (TPSA) is 70.4 Å². The minimum absolute atomic E-state index is 0.0177. The Hall–Kier alpha value is -2.52. The molecular formula is C27H34N4O3S. The Bertz CT molecular complexity index is 1170. The van der Waals surface area contributed by atoms with E-state index in [0.29, 0.717) is 12.6 Å². The summed E-state index contributed by atoms with van der Waals surface area (Å²) in [5.41, 5.74) is 2.13. The number of β-amino-alcohol motifs (C(OH)–C–C–N with tert-alkyl or cyclic N) is 1. The summed E-state index contributed by atoms with van der Waals surface area (Å²) in [5, 5.41) is 11.7. The standard InChI is InChI=1S/C27H34N4O3S/c1-18-14-30(16-25-27(34-19(2)28-25)21-7-5-4-6-8-21)11-12-31(18)15-22(32)17-33-23-9-10-26-24(13-23)29-20(3)35-26/h4-10,13,18,22,25,27,32H,11-12,14-17H2,1-3H3/t18-,22-,25-,27-/m0/s1. The maximum absolute atomic E-state index is 10.7. The van der Waals surface area contributed by atoms with Crippen LogP contribution in [-0.2, 0) is 4.74 Å². The summed E-state index contributed by atoms with van der Waals surface area (Å²) in [6.45, 7) is 10.7. The highest BCUT2D eigenvalue weighted by molar-refractivity contribution is 7.18. The molecule has 0 amide bonds. The van der Waals surface area contributed by atoms with Gasteiger partial charge in [0.1, 0.15) is 30.6 Å². The van der Waals surface area contributed by atoms with Crippen LogP contribution in [0.15, 0.2) is 53.5 Å². The SMILES string of the molecule is CC1=N[C@@H](CN2CCN(C[C@H](O)COc3ccc4sc(C)nc4c3)[C@@H](C)C2)[C@H](c2ccccc2)O1. The van der Waals surface area contributed by atoms with E-state index in [0.717, 1.165) is 53.1 Å². The number of rotatable bonds is 8. The molecular weight excluding hydrogens is 460 g/mol. The number of ether oxygens (including phenoxy) is 2. The van der Waals surface area contributed by atoms with E-state index in [9.17, 15) is 5.11 Å². The summed E-state index contributed by atoms with van der Waals surface area (Å²) in [6.07, 6.45) is -0.564. The van der Waals surface area contributed by atoms with E-state index in [1.54, 1.807) is 11.3 Å². The lowest BCUT2D eigenvalue weighted by atomic mass is 10.0. The molecule has 7 nitrogen and oxygen atoms in total. The van der Waals surface area contributed by atoms with Crippen molar-refractivity contribution in [1.29, 1.82) is 0 Å². The molecule has 0 radical (unpaired) electrons. The molecule has 0 bridgehead atoms. The van der Waals surface area contributed by atoms with Gasteiger partial charge >= 0.3 is 0 Å². The first-order valence-electron chi connectivity index (χ1n) is 12.3. The maximum atomic E-state index is 10.7. The van der Waals surface area contributed by atoms with Crippen LogP contribution < -0.4 is 4.74 Å². The lowest BCUT2D eigenvalue weighted by Gasteiger charge is -2.41. The van der Waals surface area contributed by atoms with E-state index in [-0.39, 0.29) is 18.8 Å². The number of aliphatic hydroxyl groups excluding tert-OH is 1. The third kappa shape index (κ3) is 5.83. The van der Waals surface area contributed by atoms with Gasteiger partial charge in [-0.05, 0) is 31.5 Å². The third-order valence-electron chi connectivity index (χ3n) is 6.77. The van der Waals surface area contributed by atoms with Gasteiger partial charge in [0.15, 0.2) is 5.90 Å². The van der Waals surface area contributed by atoms with Crippen molar-refractivity contribution in [2.75, 3.05) is 39.3 Å². The first-order valence-corrected chi connectivity index (χ1v) is 13.2. The van der Waals surface area contributed by atoms with Gasteiger partial charge in [0, 0.05) is 51.8 Å². The molecule has 186 valence electrons. The lowest BCUT2D eigenvalue weighted by molar-refractivity contribution is 0.0178. The van der Waals surface area contributed by atoms with Crippen LogP contribution >= 0.6 is 11.3 Å². The predicted octanol–water partition coefficient (Wildman–Crippen LogP) is 3.91. The Balaban J connectivity index is 1.10. The van der Waals surface area contributed by atoms with Gasteiger partial charge in [0.05, 0.1) is 15.2 Å². The lowest BCUT2D eigenvalue weighted by Crippen LogP contribution is -2.55. The van der Waals surface area contributed by atoms with Crippen LogP contribution in [0.2, 0.25) is 0 Å². The van der Waals surface area contributed by atoms with Crippen LogP contribution in [0.4, 0.5) is 0 Å². The molecule has 1 fully saturated rings. The number of aliphatic hydroxyl groups is 1. The van der Waals surface area contributed by atoms with Crippen LogP contribution in [0.3, 0.4) is 0 Å². The summed E-state index contributed by atoms with van der Waals surface area (Å²) >= 11 is 1.68. The molecule has 4 atom stereocenters. The van der Waals surface area contributed by atoms with Gasteiger partial charge in [-0.3, -0.25) is 9.80 Å². The minimum Gasteiger partial charge on any atom is -0.491 e. The Morgan fingerprint density at radius 2 is 2.00 bits per heavy atom. The van der Waals surface area contributed by atoms with Crippen LogP contribution in [0.25, 0.3) is 10.2 Å². The normalized spacial score (nSPS) is 24.3. The molecule has 0 aliphatic carbocycles. The highest BCUT2D eigenvalue weighted by Crippen LogP contribution is 2.30. The average molecular weight is 495 g/mol. The highest BCUT2D eigenvalue weighted by atomic mass is 32.1. The van der Waals surface area contributed by atoms with Crippen molar-refractivity contribution in [3.8, 4) is 5.75 Å². The molecule has 3 heterocycles. The number of nitrogens with zero attached hydrogens (tertiary/aromatic N) is 4. The molecule has 2 aliphatic heterocycles. The van der Waals surface area contributed by atoms with E-state index in [2.05, 4.69) is 46.0 Å². The zero-order valence-electron chi connectivity index (χ0n) is 20.6. The molecule has 2 aromatic carbocycles. The van der Waals surface area contributed by atoms with E-state index >= 15 is 0 Å². The number of hydrogen-bond donors (Lipinski definition) is 1. The molecule has 8 heteroatoms. The van der Waals surface area contributed by atoms with Crippen molar-refractivity contribution >= 4 is 27.5 Å². The largest absolute Gasteiger partial charge is 0.491 e. The summed E-state index contributed by atoms with van der Waals surface area (Å²) in [5.74, 6) is 1.52. The number of aryl methyl sites for hydroxylation is 1. The molecule has 1 aromatic heterocycles. The number of fused-ring (bicyclic) bond motifs is 1. The fourth-order valence-corrected chi connectivity index (χ4v) is 5.87. The third-order valence-corrected chi connectivity index (χ3v) is 7.72. The number of aliphatic imine (C=N–C) groups is 1. The van der Waals surface area contributed by atoms with E-state index < -0.39 is 6.10 Å². The average Bonchev–Trinajstić information content (AvgIpc) is 3.40. The van der Waals surface area contributed by atoms with Crippen LogP contribution in [0, 0.1) is 6.92 Å². The molecule has 0 saturated carbocycles. The van der Waals surface area contributed by atoms with Crippen LogP contribution in [-0.4, -0.2) is 83.3 Å². The van der Waals surface area contributed by atoms with Crippen molar-refractivity contribution < 1.29 is 14.6 Å². The van der Waals surface area contributed by atoms with Gasteiger partial charge in [0.2, 0.25) is 0 Å². The van der Waals surface area contributed by atoms with E-state index in [4.69, 9.17) is 14.5 Å². The maximum Gasteiger partial charge on any atom is 0.181 e. The summed E-state index contributed by atoms with van der Waals surface area (Å²) in [7, 11) is 0. The molecule has 1 N–H and O–H groups in total. The van der Waals surface area contributed by atoms with Crippen molar-refractivity contribution in [1.82, 2.24) is 14.8 Å². The van der Waals surface area contributed by atoms with Crippen molar-refractivity contribution in [3.05, 3.63) is 59.1 Å². The number of hydrogen-bond acceptors (Lipinski definition) is 8. The zero-order valence-corrected chi connectivity index (χ0v) is 21.4. The quantitative estimate of drug-likeness (QED) is 0.512. The Labute approximate surface area is 211 Å². The van der Waals surface area contributed by atoms with Crippen LogP contribution in [0.1, 0.15) is 30.5 Å². The molecule has 35 heavy (non-hydrogen) atoms. The molecule has 0 spiro atoms. The summed E-state index contributed by atoms with van der Waals surface area (Å²) in [4.78, 5) is 14.1. The monoisotopic (exact) mass is 494 g/mol. The highest BCUT2D eigenvalue weighted by Gasteiger charge is 2.34. The number of benzene rings is 2. The van der Waals surface area contributed by atoms with Crippen molar-refractivity contribution in [2.45, 2.75) is 45.1 Å². The Morgan fingerprint density at radius 3 is 2.80 bits per heavy atom. The molecule has 5 rings (SSSR count). The van der Waals surface area contributed by atoms with Crippen LogP contribution in [0.5, 0.6) is 5.75 Å². The summed E-state index contributed by atoms with van der Waals surface area (Å²) < 4.78 is 13.1. The molecule has 3 aromatic rings. The Morgan fingerprint density at radius 1 is 1.17 bits per heavy atom. The van der Waals surface area contributed by atoms with Gasteiger partial charge in [-0.1, -0.05) is 30.3 Å². The fourth-order valence-electron chi connectivity index (χ4n) is 5.06. The van der Waals surface area contributed by atoms with Gasteiger partial charge in [-0.25, -0.2) is 9.98 Å². The van der Waals surface area contributed by atoms with Gasteiger partial charge < -0.3 is 14.6 Å². The second kappa shape index (κ2) is 10.6. The Kier molecular flexibility index (Phi) is 7.34. The first kappa shape index (κ1) is 24.2. The molecule has 1 saturated heterocycles. The predicted molar refractivity (Wildman–Crippen MR) is 140 cm³/mol. The molecule has 0 unspecified atom stereocenters. The smallest absolute Gasteiger partial charge is 0.181 e. The van der Waals surface area contributed by atoms with Gasteiger partial charge in [0.25, 0.3) is 0 Å². The second-order valence-corrected chi connectivity index (χ2v) is 10.8. The first-order chi connectivity index (χ1) is 16.9. The van der Waals surface area contributed by atoms with Crippen molar-refractivity contribution in [2.24, 2.45) is 4.99 Å². The zero-order chi connectivity index (χ0) is 24.4. The summed E-state index contributed by atoms with van der Waals surface area (Å²) in [6, 6.07) is 16.8. The van der Waals surface area contributed by atoms with Gasteiger partial charge in [-0.2, -0.15) is 0 Å².